The maximum absolute atomic E-state index is 6.75. The Bertz CT molecular complexity index is 324. The van der Waals surface area contributed by atoms with Crippen LogP contribution < -0.4 is 10.6 Å². The van der Waals surface area contributed by atoms with Gasteiger partial charge in [-0.2, -0.15) is 0 Å². The maximum Gasteiger partial charge on any atom is 0.271 e. The monoisotopic (exact) mass is 162 g/mol. The Morgan fingerprint density at radius 1 is 1.50 bits per heavy atom. The molecule has 0 aliphatic rings. The van der Waals surface area contributed by atoms with Crippen LogP contribution in [0, 0.1) is 6.57 Å². The molecule has 0 aliphatic heterocycles. The lowest BCUT2D eigenvalue weighted by Gasteiger charge is -2.09. The second-order valence-corrected chi connectivity index (χ2v) is 2.59. The summed E-state index contributed by atoms with van der Waals surface area (Å²) in [6, 6.07) is 3.30. The Morgan fingerprint density at radius 3 is 2.67 bits per heavy atom. The van der Waals surface area contributed by atoms with Crippen molar-refractivity contribution < 1.29 is 0 Å². The topological polar surface area (TPSA) is 46.5 Å². The zero-order chi connectivity index (χ0) is 9.14. The van der Waals surface area contributed by atoms with Crippen molar-refractivity contribution in [3.8, 4) is 0 Å². The van der Waals surface area contributed by atoms with Gasteiger partial charge in [0.15, 0.2) is 0 Å². The Kier molecular flexibility index (Phi) is 2.15. The Hall–Kier alpha value is -1.76. The van der Waals surface area contributed by atoms with Crippen molar-refractivity contribution in [3.05, 3.63) is 23.5 Å². The highest BCUT2D eigenvalue weighted by Gasteiger charge is 2.07. The van der Waals surface area contributed by atoms with E-state index in [1.165, 1.54) is 0 Å². The van der Waals surface area contributed by atoms with Gasteiger partial charge in [0.25, 0.3) is 5.82 Å². The lowest BCUT2D eigenvalue weighted by Crippen LogP contribution is -2.12. The number of nitrogens with two attached hydrogens (primary N) is 1. The van der Waals surface area contributed by atoms with Crippen molar-refractivity contribution in [2.24, 2.45) is 0 Å². The Morgan fingerprint density at radius 2 is 2.17 bits per heavy atom. The molecule has 1 aromatic rings. The molecule has 0 atom stereocenters. The normalized spacial score (nSPS) is 9.08. The molecule has 4 heteroatoms. The highest BCUT2D eigenvalue weighted by Crippen LogP contribution is 2.21. The summed E-state index contributed by atoms with van der Waals surface area (Å²) in [7, 11) is 3.68. The summed E-state index contributed by atoms with van der Waals surface area (Å²) in [5, 5.41) is 0. The molecule has 0 amide bonds. The lowest BCUT2D eigenvalue weighted by atomic mass is 10.3. The average molecular weight is 162 g/mol. The zero-order valence-electron chi connectivity index (χ0n) is 7.07. The number of pyridine rings is 1. The van der Waals surface area contributed by atoms with Crippen LogP contribution >= 0.6 is 0 Å². The van der Waals surface area contributed by atoms with Gasteiger partial charge >= 0.3 is 0 Å². The first-order valence-corrected chi connectivity index (χ1v) is 3.46. The number of anilines is 2. The lowest BCUT2D eigenvalue weighted by molar-refractivity contribution is 1.08. The number of nitrogens with zero attached hydrogens (tertiary/aromatic N) is 3. The standard InChI is InChI=1S/C8H10N4/c1-10-7-5-4-6(9)8(11-7)12(2)3/h4-5H,9H2,2-3H3. The van der Waals surface area contributed by atoms with Gasteiger partial charge in [-0.05, 0) is 12.1 Å². The molecule has 0 aromatic carbocycles. The predicted octanol–water partition coefficient (Wildman–Crippen LogP) is 1.28. The molecule has 0 radical (unpaired) electrons. The molecule has 0 saturated heterocycles. The van der Waals surface area contributed by atoms with Crippen molar-refractivity contribution in [1.29, 1.82) is 0 Å². The van der Waals surface area contributed by atoms with E-state index in [0.717, 1.165) is 0 Å². The first-order chi connectivity index (χ1) is 5.65. The summed E-state index contributed by atoms with van der Waals surface area (Å²) >= 11 is 0. The van der Waals surface area contributed by atoms with Crippen molar-refractivity contribution in [3.63, 3.8) is 0 Å². The minimum absolute atomic E-state index is 0.368. The predicted molar refractivity (Wildman–Crippen MR) is 49.2 cm³/mol. The van der Waals surface area contributed by atoms with E-state index in [1.807, 2.05) is 14.1 Å². The zero-order valence-corrected chi connectivity index (χ0v) is 7.07. The molecule has 0 aliphatic carbocycles. The third-order valence-electron chi connectivity index (χ3n) is 1.43. The molecule has 0 fully saturated rings. The van der Waals surface area contributed by atoms with Crippen LogP contribution in [0.25, 0.3) is 4.85 Å². The maximum atomic E-state index is 6.75. The van der Waals surface area contributed by atoms with Gasteiger partial charge < -0.3 is 15.5 Å². The fourth-order valence-electron chi connectivity index (χ4n) is 0.870. The highest BCUT2D eigenvalue weighted by molar-refractivity contribution is 5.65. The van der Waals surface area contributed by atoms with Crippen LogP contribution in [-0.4, -0.2) is 19.1 Å². The molecule has 2 N–H and O–H groups in total. The van der Waals surface area contributed by atoms with Gasteiger partial charge in [-0.15, -0.1) is 4.98 Å². The number of nitrogen functional groups attached to an aromatic ring is 1. The summed E-state index contributed by atoms with van der Waals surface area (Å²) in [6.07, 6.45) is 0. The van der Waals surface area contributed by atoms with Gasteiger partial charge in [-0.3, -0.25) is 0 Å². The smallest absolute Gasteiger partial charge is 0.271 e. The van der Waals surface area contributed by atoms with E-state index in [4.69, 9.17) is 12.3 Å². The molecule has 1 rings (SSSR count). The summed E-state index contributed by atoms with van der Waals surface area (Å²) in [5.41, 5.74) is 6.23. The van der Waals surface area contributed by atoms with E-state index in [0.29, 0.717) is 17.3 Å². The highest BCUT2D eigenvalue weighted by atomic mass is 15.2. The van der Waals surface area contributed by atoms with Gasteiger partial charge in [-0.1, -0.05) is 6.57 Å². The molecule has 0 unspecified atom stereocenters. The molecule has 12 heavy (non-hydrogen) atoms. The van der Waals surface area contributed by atoms with Crippen LogP contribution in [0.2, 0.25) is 0 Å². The van der Waals surface area contributed by atoms with Gasteiger partial charge in [0.2, 0.25) is 5.82 Å². The Labute approximate surface area is 71.4 Å². The fourth-order valence-corrected chi connectivity index (χ4v) is 0.870. The average Bonchev–Trinajstić information content (AvgIpc) is 2.05. The molecule has 0 bridgehead atoms. The molecule has 62 valence electrons. The SMILES string of the molecule is [C-]#[N+]c1ccc(N)c(N(C)C)n1. The molecular weight excluding hydrogens is 152 g/mol. The van der Waals surface area contributed by atoms with Crippen molar-refractivity contribution in [2.75, 3.05) is 24.7 Å². The molecule has 4 nitrogen and oxygen atoms in total. The number of hydrogen-bond acceptors (Lipinski definition) is 3. The summed E-state index contributed by atoms with van der Waals surface area (Å²) in [4.78, 5) is 9.03. The van der Waals surface area contributed by atoms with E-state index in [-0.39, 0.29) is 0 Å². The molecule has 0 spiro atoms. The van der Waals surface area contributed by atoms with E-state index in [2.05, 4.69) is 9.83 Å². The summed E-state index contributed by atoms with van der Waals surface area (Å²) in [6.45, 7) is 6.75. The Balaban J connectivity index is 3.19. The van der Waals surface area contributed by atoms with Crippen molar-refractivity contribution in [1.82, 2.24) is 4.98 Å². The van der Waals surface area contributed by atoms with E-state index < -0.39 is 0 Å². The number of rotatable bonds is 1. The first-order valence-electron chi connectivity index (χ1n) is 3.46. The summed E-state index contributed by atoms with van der Waals surface area (Å²) in [5.74, 6) is 1.01. The second-order valence-electron chi connectivity index (χ2n) is 2.59. The van der Waals surface area contributed by atoms with Crippen LogP contribution in [0.3, 0.4) is 0 Å². The van der Waals surface area contributed by atoms with Crippen LogP contribution in [0.5, 0.6) is 0 Å². The minimum Gasteiger partial charge on any atom is -0.394 e. The van der Waals surface area contributed by atoms with Crippen molar-refractivity contribution >= 4 is 17.3 Å². The van der Waals surface area contributed by atoms with E-state index in [9.17, 15) is 0 Å². The van der Waals surface area contributed by atoms with Crippen molar-refractivity contribution in [2.45, 2.75) is 0 Å². The van der Waals surface area contributed by atoms with E-state index >= 15 is 0 Å². The van der Waals surface area contributed by atoms with Crippen LogP contribution in [0.4, 0.5) is 17.3 Å². The van der Waals surface area contributed by atoms with Gasteiger partial charge in [0.1, 0.15) is 0 Å². The van der Waals surface area contributed by atoms with Crippen LogP contribution in [0.1, 0.15) is 0 Å². The van der Waals surface area contributed by atoms with Gasteiger partial charge in [-0.25, -0.2) is 0 Å². The number of hydrogen-bond donors (Lipinski definition) is 1. The van der Waals surface area contributed by atoms with E-state index in [1.54, 1.807) is 17.0 Å². The molecule has 0 saturated carbocycles. The molecule has 1 heterocycles. The first kappa shape index (κ1) is 8.34. The largest absolute Gasteiger partial charge is 0.394 e. The number of aromatic nitrogens is 1. The molecular formula is C8H10N4. The summed E-state index contributed by atoms with van der Waals surface area (Å²) < 4.78 is 0. The minimum atomic E-state index is 0.368. The fraction of sp³-hybridized carbons (Fsp3) is 0.250. The van der Waals surface area contributed by atoms with Crippen LogP contribution in [-0.2, 0) is 0 Å². The second kappa shape index (κ2) is 3.09. The quantitative estimate of drug-likeness (QED) is 0.633. The van der Waals surface area contributed by atoms with Crippen LogP contribution in [0.15, 0.2) is 12.1 Å². The molecule has 1 aromatic heterocycles. The third-order valence-corrected chi connectivity index (χ3v) is 1.43. The van der Waals surface area contributed by atoms with Gasteiger partial charge in [0.05, 0.1) is 5.69 Å². The van der Waals surface area contributed by atoms with Gasteiger partial charge in [0, 0.05) is 14.1 Å². The third kappa shape index (κ3) is 1.45.